The highest BCUT2D eigenvalue weighted by atomic mass is 31.0. The zero-order chi connectivity index (χ0) is 9.35. The summed E-state index contributed by atoms with van der Waals surface area (Å²) in [6.07, 6.45) is 0. The standard InChI is InChI=1S/C9H12FOP/c1-6-3-4-8(5-7(6)2)9(10,11)12/h3-5,11H,12H2,1-2H3. The first kappa shape index (κ1) is 9.63. The Balaban J connectivity index is 3.14. The van der Waals surface area contributed by atoms with Crippen LogP contribution in [-0.2, 0) is 5.60 Å². The van der Waals surface area contributed by atoms with Crippen LogP contribution in [0.2, 0.25) is 0 Å². The van der Waals surface area contributed by atoms with Crippen LogP contribution in [0.3, 0.4) is 0 Å². The molecule has 0 aromatic heterocycles. The molecule has 0 radical (unpaired) electrons. The van der Waals surface area contributed by atoms with Crippen molar-refractivity contribution < 1.29 is 9.50 Å². The quantitative estimate of drug-likeness (QED) is 0.667. The molecule has 0 spiro atoms. The summed E-state index contributed by atoms with van der Waals surface area (Å²) in [7, 11) is 1.76. The minimum absolute atomic E-state index is 0.274. The van der Waals surface area contributed by atoms with E-state index in [0.29, 0.717) is 0 Å². The summed E-state index contributed by atoms with van der Waals surface area (Å²) in [5.41, 5.74) is 0.0352. The Bertz CT molecular complexity index is 291. The first-order valence-electron chi connectivity index (χ1n) is 3.69. The Labute approximate surface area is 73.8 Å². The summed E-state index contributed by atoms with van der Waals surface area (Å²) >= 11 is 0. The lowest BCUT2D eigenvalue weighted by Gasteiger charge is -2.14. The predicted molar refractivity (Wildman–Crippen MR) is 50.6 cm³/mol. The Morgan fingerprint density at radius 3 is 2.33 bits per heavy atom. The first-order chi connectivity index (χ1) is 5.41. The van der Waals surface area contributed by atoms with Gasteiger partial charge in [0.15, 0.2) is 0 Å². The molecule has 0 amide bonds. The minimum Gasteiger partial charge on any atom is -0.355 e. The Morgan fingerprint density at radius 2 is 1.92 bits per heavy atom. The molecule has 2 atom stereocenters. The van der Waals surface area contributed by atoms with Gasteiger partial charge in [-0.2, -0.15) is 0 Å². The van der Waals surface area contributed by atoms with Crippen molar-refractivity contribution in [1.82, 2.24) is 0 Å². The molecule has 0 aliphatic carbocycles. The highest BCUT2D eigenvalue weighted by Crippen LogP contribution is 2.30. The van der Waals surface area contributed by atoms with Crippen molar-refractivity contribution in [3.05, 3.63) is 34.9 Å². The molecule has 1 aromatic rings. The molecular weight excluding hydrogens is 174 g/mol. The largest absolute Gasteiger partial charge is 0.355 e. The van der Waals surface area contributed by atoms with Crippen molar-refractivity contribution in [3.8, 4) is 0 Å². The van der Waals surface area contributed by atoms with Crippen molar-refractivity contribution in [2.75, 3.05) is 0 Å². The van der Waals surface area contributed by atoms with E-state index in [0.717, 1.165) is 11.1 Å². The number of rotatable bonds is 1. The maximum Gasteiger partial charge on any atom is 0.244 e. The second kappa shape index (κ2) is 3.12. The van der Waals surface area contributed by atoms with E-state index in [2.05, 4.69) is 0 Å². The van der Waals surface area contributed by atoms with Crippen LogP contribution >= 0.6 is 9.24 Å². The van der Waals surface area contributed by atoms with Gasteiger partial charge in [0.05, 0.1) is 0 Å². The summed E-state index contributed by atoms with van der Waals surface area (Å²) in [6, 6.07) is 5.01. The molecule has 0 aliphatic rings. The lowest BCUT2D eigenvalue weighted by atomic mass is 10.1. The zero-order valence-electron chi connectivity index (χ0n) is 7.13. The van der Waals surface area contributed by atoms with Gasteiger partial charge in [0.25, 0.3) is 0 Å². The summed E-state index contributed by atoms with van der Waals surface area (Å²) in [5.74, 6) is 0. The van der Waals surface area contributed by atoms with Crippen molar-refractivity contribution in [2.24, 2.45) is 0 Å². The predicted octanol–water partition coefficient (Wildman–Crippen LogP) is 2.25. The molecule has 0 heterocycles. The number of aryl methyl sites for hydroxylation is 2. The van der Waals surface area contributed by atoms with E-state index in [1.54, 1.807) is 27.4 Å². The van der Waals surface area contributed by atoms with E-state index in [1.807, 2.05) is 13.8 Å². The topological polar surface area (TPSA) is 20.2 Å². The van der Waals surface area contributed by atoms with Gasteiger partial charge in [0, 0.05) is 5.56 Å². The van der Waals surface area contributed by atoms with Gasteiger partial charge in [0.2, 0.25) is 5.60 Å². The highest BCUT2D eigenvalue weighted by molar-refractivity contribution is 7.17. The molecule has 1 aromatic carbocycles. The fourth-order valence-electron chi connectivity index (χ4n) is 0.960. The number of hydrogen-bond acceptors (Lipinski definition) is 1. The number of aliphatic hydroxyl groups is 1. The smallest absolute Gasteiger partial charge is 0.244 e. The molecule has 0 fully saturated rings. The van der Waals surface area contributed by atoms with Crippen LogP contribution in [0.4, 0.5) is 4.39 Å². The van der Waals surface area contributed by atoms with Gasteiger partial charge < -0.3 is 5.11 Å². The van der Waals surface area contributed by atoms with Crippen LogP contribution in [0.15, 0.2) is 18.2 Å². The number of benzene rings is 1. The lowest BCUT2D eigenvalue weighted by Crippen LogP contribution is -2.09. The van der Waals surface area contributed by atoms with Gasteiger partial charge in [-0.15, -0.1) is 0 Å². The maximum absolute atomic E-state index is 13.0. The third-order valence-electron chi connectivity index (χ3n) is 1.91. The molecule has 1 nitrogen and oxygen atoms in total. The van der Waals surface area contributed by atoms with Gasteiger partial charge in [0.1, 0.15) is 0 Å². The second-order valence-corrected chi connectivity index (χ2v) is 3.74. The average molecular weight is 186 g/mol. The van der Waals surface area contributed by atoms with Crippen LogP contribution < -0.4 is 0 Å². The molecule has 3 heteroatoms. The summed E-state index contributed by atoms with van der Waals surface area (Å²) < 4.78 is 13.0. The summed E-state index contributed by atoms with van der Waals surface area (Å²) in [5, 5.41) is 9.00. The van der Waals surface area contributed by atoms with Crippen LogP contribution in [0.1, 0.15) is 16.7 Å². The van der Waals surface area contributed by atoms with E-state index in [9.17, 15) is 4.39 Å². The fourth-order valence-corrected chi connectivity index (χ4v) is 1.14. The van der Waals surface area contributed by atoms with Gasteiger partial charge in [-0.25, -0.2) is 4.39 Å². The highest BCUT2D eigenvalue weighted by Gasteiger charge is 2.21. The molecule has 0 bridgehead atoms. The minimum atomic E-state index is -2.31. The first-order valence-corrected chi connectivity index (χ1v) is 4.27. The van der Waals surface area contributed by atoms with Crippen molar-refractivity contribution in [2.45, 2.75) is 19.4 Å². The van der Waals surface area contributed by atoms with Crippen LogP contribution in [0, 0.1) is 13.8 Å². The molecule has 1 N–H and O–H groups in total. The molecule has 0 saturated heterocycles. The Morgan fingerprint density at radius 1 is 1.33 bits per heavy atom. The molecule has 12 heavy (non-hydrogen) atoms. The third kappa shape index (κ3) is 2.02. The van der Waals surface area contributed by atoms with E-state index < -0.39 is 5.60 Å². The van der Waals surface area contributed by atoms with Crippen molar-refractivity contribution >= 4 is 9.24 Å². The van der Waals surface area contributed by atoms with E-state index >= 15 is 0 Å². The monoisotopic (exact) mass is 186 g/mol. The normalized spacial score (nSPS) is 15.8. The van der Waals surface area contributed by atoms with Crippen LogP contribution in [-0.4, -0.2) is 5.11 Å². The van der Waals surface area contributed by atoms with Gasteiger partial charge in [-0.1, -0.05) is 21.4 Å². The zero-order valence-corrected chi connectivity index (χ0v) is 8.29. The lowest BCUT2D eigenvalue weighted by molar-refractivity contribution is -0.00164. The molecule has 0 aliphatic heterocycles. The average Bonchev–Trinajstić information content (AvgIpc) is 1.92. The number of halogens is 1. The van der Waals surface area contributed by atoms with E-state index in [1.165, 1.54) is 0 Å². The SMILES string of the molecule is Cc1ccc(C(O)(F)P)cc1C. The summed E-state index contributed by atoms with van der Waals surface area (Å²) in [4.78, 5) is 0. The van der Waals surface area contributed by atoms with Crippen molar-refractivity contribution in [1.29, 1.82) is 0 Å². The molecular formula is C9H12FOP. The van der Waals surface area contributed by atoms with Crippen molar-refractivity contribution in [3.63, 3.8) is 0 Å². The molecule has 66 valence electrons. The Kier molecular flexibility index (Phi) is 2.50. The number of hydrogen-bond donors (Lipinski definition) is 1. The van der Waals surface area contributed by atoms with E-state index in [-0.39, 0.29) is 5.56 Å². The summed E-state index contributed by atoms with van der Waals surface area (Å²) in [6.45, 7) is 3.83. The molecule has 0 saturated carbocycles. The van der Waals surface area contributed by atoms with E-state index in [4.69, 9.17) is 5.11 Å². The second-order valence-electron chi connectivity index (χ2n) is 2.97. The third-order valence-corrected chi connectivity index (χ3v) is 2.25. The van der Waals surface area contributed by atoms with Crippen LogP contribution in [0.5, 0.6) is 0 Å². The van der Waals surface area contributed by atoms with Gasteiger partial charge in [-0.3, -0.25) is 0 Å². The maximum atomic E-state index is 13.0. The molecule has 2 unspecified atom stereocenters. The van der Waals surface area contributed by atoms with Crippen LogP contribution in [0.25, 0.3) is 0 Å². The van der Waals surface area contributed by atoms with Gasteiger partial charge in [-0.05, 0) is 31.0 Å². The fraction of sp³-hybridized carbons (Fsp3) is 0.333. The molecule has 1 rings (SSSR count). The number of alkyl halides is 1. The Hall–Kier alpha value is -0.460. The van der Waals surface area contributed by atoms with Gasteiger partial charge >= 0.3 is 0 Å².